The molecule has 0 spiro atoms. The van der Waals surface area contributed by atoms with E-state index in [0.29, 0.717) is 6.42 Å². The van der Waals surface area contributed by atoms with Crippen LogP contribution in [0.25, 0.3) is 0 Å². The number of nitrogens with zero attached hydrogens (tertiary/aromatic N) is 1. The standard InChI is InChI=1S/C11H21N3O4S3/c1-5-6-21(17,18)8-9(12)14-19-10(8)13-7-11(2,3)20(4,15)16/h13H,5-7H2,1-4H3,(H2,12,14). The Labute approximate surface area is 129 Å². The number of rotatable bonds is 7. The van der Waals surface area contributed by atoms with Crippen LogP contribution in [0, 0.1) is 0 Å². The molecule has 0 saturated heterocycles. The molecule has 1 heterocycles. The van der Waals surface area contributed by atoms with Crippen LogP contribution < -0.4 is 11.1 Å². The molecule has 7 nitrogen and oxygen atoms in total. The van der Waals surface area contributed by atoms with Crippen LogP contribution in [0.4, 0.5) is 10.8 Å². The van der Waals surface area contributed by atoms with Crippen molar-refractivity contribution < 1.29 is 16.8 Å². The van der Waals surface area contributed by atoms with Crippen molar-refractivity contribution in [3.8, 4) is 0 Å². The van der Waals surface area contributed by atoms with Gasteiger partial charge in [0.05, 0.1) is 10.5 Å². The SMILES string of the molecule is CCCS(=O)(=O)c1c(N)nsc1NCC(C)(C)S(C)(=O)=O. The summed E-state index contributed by atoms with van der Waals surface area (Å²) >= 11 is 0.920. The van der Waals surface area contributed by atoms with E-state index in [4.69, 9.17) is 5.73 Å². The maximum Gasteiger partial charge on any atom is 0.185 e. The molecule has 0 aliphatic rings. The molecular formula is C11H21N3O4S3. The van der Waals surface area contributed by atoms with Gasteiger partial charge in [0.2, 0.25) is 0 Å². The number of nitrogens with one attached hydrogen (secondary N) is 1. The number of anilines is 2. The van der Waals surface area contributed by atoms with Crippen LogP contribution in [0.3, 0.4) is 0 Å². The fourth-order valence-corrected chi connectivity index (χ4v) is 4.45. The van der Waals surface area contributed by atoms with E-state index in [2.05, 4.69) is 9.69 Å². The van der Waals surface area contributed by atoms with Crippen LogP contribution in [0.1, 0.15) is 27.2 Å². The van der Waals surface area contributed by atoms with Gasteiger partial charge >= 0.3 is 0 Å². The molecule has 0 radical (unpaired) electrons. The fraction of sp³-hybridized carbons (Fsp3) is 0.727. The third-order valence-corrected chi connectivity index (χ3v) is 8.22. The molecule has 10 heteroatoms. The summed E-state index contributed by atoms with van der Waals surface area (Å²) in [6.45, 7) is 4.97. The van der Waals surface area contributed by atoms with Crippen LogP contribution in [0.2, 0.25) is 0 Å². The minimum absolute atomic E-state index is 0.0280. The average Bonchev–Trinajstić information content (AvgIpc) is 2.67. The highest BCUT2D eigenvalue weighted by molar-refractivity contribution is 7.92. The van der Waals surface area contributed by atoms with E-state index in [9.17, 15) is 16.8 Å². The Hall–Kier alpha value is -0.870. The third kappa shape index (κ3) is 4.07. The van der Waals surface area contributed by atoms with Crippen molar-refractivity contribution in [2.45, 2.75) is 36.8 Å². The van der Waals surface area contributed by atoms with E-state index in [0.717, 1.165) is 17.8 Å². The second-order valence-corrected chi connectivity index (χ2v) is 10.9. The van der Waals surface area contributed by atoms with E-state index in [1.807, 2.05) is 0 Å². The largest absolute Gasteiger partial charge is 0.382 e. The highest BCUT2D eigenvalue weighted by atomic mass is 32.2. The quantitative estimate of drug-likeness (QED) is 0.752. The Kier molecular flexibility index (Phi) is 5.27. The van der Waals surface area contributed by atoms with Gasteiger partial charge in [0.15, 0.2) is 25.5 Å². The van der Waals surface area contributed by atoms with Gasteiger partial charge in [-0.25, -0.2) is 16.8 Å². The van der Waals surface area contributed by atoms with E-state index in [1.54, 1.807) is 20.8 Å². The normalized spacial score (nSPS) is 13.3. The first-order valence-electron chi connectivity index (χ1n) is 6.34. The molecule has 0 fully saturated rings. The minimum atomic E-state index is -3.52. The van der Waals surface area contributed by atoms with E-state index < -0.39 is 24.4 Å². The maximum absolute atomic E-state index is 12.2. The monoisotopic (exact) mass is 355 g/mol. The predicted molar refractivity (Wildman–Crippen MR) is 86.3 cm³/mol. The van der Waals surface area contributed by atoms with E-state index in [-0.39, 0.29) is 28.0 Å². The molecule has 0 aliphatic heterocycles. The number of hydrogen-bond donors (Lipinski definition) is 2. The van der Waals surface area contributed by atoms with Gasteiger partial charge in [0, 0.05) is 12.8 Å². The lowest BCUT2D eigenvalue weighted by Gasteiger charge is -2.23. The Morgan fingerprint density at radius 2 is 1.86 bits per heavy atom. The van der Waals surface area contributed by atoms with Gasteiger partial charge in [-0.15, -0.1) is 0 Å². The van der Waals surface area contributed by atoms with Gasteiger partial charge in [-0.2, -0.15) is 4.37 Å². The molecule has 1 aromatic heterocycles. The Balaban J connectivity index is 3.08. The second kappa shape index (κ2) is 6.09. The molecule has 21 heavy (non-hydrogen) atoms. The summed E-state index contributed by atoms with van der Waals surface area (Å²) < 4.78 is 50.5. The molecule has 0 saturated carbocycles. The first kappa shape index (κ1) is 18.2. The average molecular weight is 356 g/mol. The van der Waals surface area contributed by atoms with Gasteiger partial charge < -0.3 is 11.1 Å². The zero-order chi connectivity index (χ0) is 16.5. The highest BCUT2D eigenvalue weighted by Crippen LogP contribution is 2.33. The Bertz CT molecular complexity index is 705. The maximum atomic E-state index is 12.2. The second-order valence-electron chi connectivity index (χ2n) is 5.43. The molecule has 1 rings (SSSR count). The van der Waals surface area contributed by atoms with Crippen molar-refractivity contribution in [1.29, 1.82) is 0 Å². The van der Waals surface area contributed by atoms with Gasteiger partial charge in [-0.05, 0) is 31.8 Å². The van der Waals surface area contributed by atoms with Crippen molar-refractivity contribution in [3.05, 3.63) is 0 Å². The van der Waals surface area contributed by atoms with Crippen LogP contribution in [0.5, 0.6) is 0 Å². The lowest BCUT2D eigenvalue weighted by Crippen LogP contribution is -2.38. The Morgan fingerprint density at radius 1 is 1.29 bits per heavy atom. The zero-order valence-electron chi connectivity index (χ0n) is 12.5. The molecule has 0 unspecified atom stereocenters. The molecule has 0 aromatic carbocycles. The number of hydrogen-bond acceptors (Lipinski definition) is 8. The lowest BCUT2D eigenvalue weighted by molar-refractivity contribution is 0.560. The van der Waals surface area contributed by atoms with E-state index in [1.165, 1.54) is 0 Å². The zero-order valence-corrected chi connectivity index (χ0v) is 15.0. The first-order chi connectivity index (χ1) is 9.42. The molecule has 0 amide bonds. The summed E-state index contributed by atoms with van der Waals surface area (Å²) in [4.78, 5) is -0.0290. The molecular weight excluding hydrogens is 334 g/mol. The van der Waals surface area contributed by atoms with Gasteiger partial charge in [0.25, 0.3) is 0 Å². The van der Waals surface area contributed by atoms with Crippen molar-refractivity contribution in [2.75, 3.05) is 29.6 Å². The number of sulfone groups is 2. The summed E-state index contributed by atoms with van der Waals surface area (Å²) in [6.07, 6.45) is 1.61. The molecule has 0 aliphatic carbocycles. The number of nitrogens with two attached hydrogens (primary N) is 1. The fourth-order valence-electron chi connectivity index (χ4n) is 1.50. The summed E-state index contributed by atoms with van der Waals surface area (Å²) in [5.74, 6) is -0.0761. The highest BCUT2D eigenvalue weighted by Gasteiger charge is 2.32. The summed E-state index contributed by atoms with van der Waals surface area (Å²) in [5.41, 5.74) is 5.64. The van der Waals surface area contributed by atoms with Gasteiger partial charge in [-0.3, -0.25) is 0 Å². The van der Waals surface area contributed by atoms with Crippen molar-refractivity contribution in [1.82, 2.24) is 4.37 Å². The van der Waals surface area contributed by atoms with Crippen LogP contribution in [-0.2, 0) is 19.7 Å². The van der Waals surface area contributed by atoms with Crippen LogP contribution >= 0.6 is 11.5 Å². The molecule has 3 N–H and O–H groups in total. The topological polar surface area (TPSA) is 119 Å². The summed E-state index contributed by atoms with van der Waals surface area (Å²) in [7, 11) is -6.80. The minimum Gasteiger partial charge on any atom is -0.382 e. The molecule has 0 atom stereocenters. The molecule has 0 bridgehead atoms. The van der Waals surface area contributed by atoms with E-state index >= 15 is 0 Å². The smallest absolute Gasteiger partial charge is 0.185 e. The van der Waals surface area contributed by atoms with Crippen LogP contribution in [0.15, 0.2) is 4.90 Å². The van der Waals surface area contributed by atoms with Crippen molar-refractivity contribution in [2.24, 2.45) is 0 Å². The Morgan fingerprint density at radius 3 is 2.33 bits per heavy atom. The summed E-state index contributed by atoms with van der Waals surface area (Å²) in [6, 6.07) is 0. The van der Waals surface area contributed by atoms with Crippen molar-refractivity contribution >= 4 is 42.0 Å². The lowest BCUT2D eigenvalue weighted by atomic mass is 10.2. The molecule has 1 aromatic rings. The predicted octanol–water partition coefficient (Wildman–Crippen LogP) is 1.14. The third-order valence-electron chi connectivity index (χ3n) is 3.14. The number of nitrogen functional groups attached to an aromatic ring is 1. The van der Waals surface area contributed by atoms with Gasteiger partial charge in [-0.1, -0.05) is 6.92 Å². The van der Waals surface area contributed by atoms with Gasteiger partial charge in [0.1, 0.15) is 9.90 Å². The number of aromatic nitrogens is 1. The first-order valence-corrected chi connectivity index (χ1v) is 10.7. The van der Waals surface area contributed by atoms with Crippen molar-refractivity contribution in [3.63, 3.8) is 0 Å². The summed E-state index contributed by atoms with van der Waals surface area (Å²) in [5, 5.41) is 3.15. The van der Waals surface area contributed by atoms with Crippen LogP contribution in [-0.4, -0.2) is 44.5 Å². The molecule has 122 valence electrons.